The zero-order valence-electron chi connectivity index (χ0n) is 10.2. The van der Waals surface area contributed by atoms with Crippen molar-refractivity contribution in [1.29, 1.82) is 0 Å². The zero-order chi connectivity index (χ0) is 12.4. The summed E-state index contributed by atoms with van der Waals surface area (Å²) in [5, 5.41) is 0. The van der Waals surface area contributed by atoms with E-state index in [0.29, 0.717) is 26.4 Å². The van der Waals surface area contributed by atoms with Crippen molar-refractivity contribution in [3.63, 3.8) is 0 Å². The third-order valence-electron chi connectivity index (χ3n) is 1.96. The van der Waals surface area contributed by atoms with Crippen LogP contribution in [0.15, 0.2) is 0 Å². The van der Waals surface area contributed by atoms with E-state index in [-0.39, 0.29) is 11.8 Å². The van der Waals surface area contributed by atoms with Crippen molar-refractivity contribution in [2.75, 3.05) is 33.5 Å². The first-order valence-electron chi connectivity index (χ1n) is 5.32. The van der Waals surface area contributed by atoms with Crippen molar-refractivity contribution in [2.24, 2.45) is 11.8 Å². The Labute approximate surface area is 96.4 Å². The maximum Gasteiger partial charge on any atom is 0.263 e. The Hall–Kier alpha value is -0.690. The number of carbonyl (C=O) groups excluding carboxylic acids is 1. The van der Waals surface area contributed by atoms with Crippen LogP contribution in [0.4, 0.5) is 0 Å². The third kappa shape index (κ3) is 6.73. The summed E-state index contributed by atoms with van der Waals surface area (Å²) in [5.41, 5.74) is 2.08. The molecule has 0 heterocycles. The van der Waals surface area contributed by atoms with Crippen molar-refractivity contribution < 1.29 is 19.0 Å². The van der Waals surface area contributed by atoms with Gasteiger partial charge in [0.05, 0.1) is 26.4 Å². The molecule has 0 aliphatic rings. The molecule has 0 aliphatic heterocycles. The molecule has 96 valence electrons. The van der Waals surface area contributed by atoms with Crippen molar-refractivity contribution in [2.45, 2.75) is 20.0 Å². The number of hydrazine groups is 1. The highest BCUT2D eigenvalue weighted by molar-refractivity contribution is 5.80. The van der Waals surface area contributed by atoms with Crippen LogP contribution in [-0.4, -0.2) is 45.5 Å². The van der Waals surface area contributed by atoms with Gasteiger partial charge in [0.15, 0.2) is 0 Å². The molecule has 16 heavy (non-hydrogen) atoms. The molecule has 0 aromatic carbocycles. The lowest BCUT2D eigenvalue weighted by atomic mass is 10.1. The number of hydrogen-bond acceptors (Lipinski definition) is 5. The summed E-state index contributed by atoms with van der Waals surface area (Å²) in [4.78, 5) is 11.3. The highest BCUT2D eigenvalue weighted by Gasteiger charge is 2.21. The van der Waals surface area contributed by atoms with E-state index in [1.165, 1.54) is 0 Å². The van der Waals surface area contributed by atoms with E-state index in [1.807, 2.05) is 13.8 Å². The second-order valence-corrected chi connectivity index (χ2v) is 3.65. The van der Waals surface area contributed by atoms with E-state index in [9.17, 15) is 4.79 Å². The Morgan fingerprint density at radius 3 is 2.38 bits per heavy atom. The molecule has 0 saturated heterocycles. The van der Waals surface area contributed by atoms with Gasteiger partial charge in [-0.2, -0.15) is 0 Å². The number of methoxy groups -OCH3 is 1. The number of rotatable bonds is 9. The second-order valence-electron chi connectivity index (χ2n) is 3.65. The highest BCUT2D eigenvalue weighted by Crippen LogP contribution is 2.06. The summed E-state index contributed by atoms with van der Waals surface area (Å²) < 4.78 is 15.4. The van der Waals surface area contributed by atoms with E-state index < -0.39 is 6.10 Å². The van der Waals surface area contributed by atoms with Crippen LogP contribution in [0, 0.1) is 5.92 Å². The maximum atomic E-state index is 11.3. The van der Waals surface area contributed by atoms with Gasteiger partial charge in [-0.3, -0.25) is 10.2 Å². The fraction of sp³-hybridized carbons (Fsp3) is 0.900. The molecule has 6 nitrogen and oxygen atoms in total. The van der Waals surface area contributed by atoms with Crippen molar-refractivity contribution >= 4 is 5.91 Å². The van der Waals surface area contributed by atoms with E-state index >= 15 is 0 Å². The van der Waals surface area contributed by atoms with E-state index in [4.69, 9.17) is 20.1 Å². The largest absolute Gasteiger partial charge is 0.382 e. The van der Waals surface area contributed by atoms with Crippen LogP contribution in [0.1, 0.15) is 13.8 Å². The second kappa shape index (κ2) is 9.53. The van der Waals surface area contributed by atoms with E-state index in [2.05, 4.69) is 5.43 Å². The van der Waals surface area contributed by atoms with E-state index in [0.717, 1.165) is 0 Å². The number of hydrogen-bond donors (Lipinski definition) is 2. The average Bonchev–Trinajstić information content (AvgIpc) is 2.26. The van der Waals surface area contributed by atoms with Gasteiger partial charge >= 0.3 is 0 Å². The summed E-state index contributed by atoms with van der Waals surface area (Å²) in [6, 6.07) is 0. The SMILES string of the molecule is COCCOCCOC(C(=O)NN)C(C)C. The predicted molar refractivity (Wildman–Crippen MR) is 59.6 cm³/mol. The molecule has 0 rings (SSSR count). The summed E-state index contributed by atoms with van der Waals surface area (Å²) in [6.45, 7) is 5.66. The van der Waals surface area contributed by atoms with Crippen LogP contribution in [0.3, 0.4) is 0 Å². The monoisotopic (exact) mass is 234 g/mol. The lowest BCUT2D eigenvalue weighted by molar-refractivity contribution is -0.137. The molecule has 6 heteroatoms. The minimum Gasteiger partial charge on any atom is -0.382 e. The lowest BCUT2D eigenvalue weighted by Gasteiger charge is -2.19. The molecular weight excluding hydrogens is 212 g/mol. The smallest absolute Gasteiger partial charge is 0.263 e. The molecule has 0 radical (unpaired) electrons. The number of amides is 1. The molecule has 0 fully saturated rings. The minimum atomic E-state index is -0.531. The number of nitrogens with one attached hydrogen (secondary N) is 1. The molecule has 1 amide bonds. The normalized spacial score (nSPS) is 12.8. The van der Waals surface area contributed by atoms with Crippen molar-refractivity contribution in [1.82, 2.24) is 5.43 Å². The van der Waals surface area contributed by atoms with Crippen molar-refractivity contribution in [3.8, 4) is 0 Å². The Kier molecular flexibility index (Phi) is 9.12. The van der Waals surface area contributed by atoms with Crippen LogP contribution in [0.2, 0.25) is 0 Å². The van der Waals surface area contributed by atoms with Gasteiger partial charge in [-0.1, -0.05) is 13.8 Å². The van der Waals surface area contributed by atoms with Crippen LogP contribution >= 0.6 is 0 Å². The van der Waals surface area contributed by atoms with Gasteiger partial charge < -0.3 is 14.2 Å². The van der Waals surface area contributed by atoms with E-state index in [1.54, 1.807) is 7.11 Å². The molecule has 0 saturated carbocycles. The quantitative estimate of drug-likeness (QED) is 0.247. The minimum absolute atomic E-state index is 0.0718. The molecule has 0 aromatic rings. The molecule has 0 aliphatic carbocycles. The Balaban J connectivity index is 3.65. The summed E-state index contributed by atoms with van der Waals surface area (Å²) in [7, 11) is 1.61. The molecular formula is C10H22N2O4. The lowest BCUT2D eigenvalue weighted by Crippen LogP contribution is -2.43. The van der Waals surface area contributed by atoms with Gasteiger partial charge in [0.2, 0.25) is 0 Å². The van der Waals surface area contributed by atoms with Gasteiger partial charge in [-0.15, -0.1) is 0 Å². The molecule has 3 N–H and O–H groups in total. The Bertz CT molecular complexity index is 188. The van der Waals surface area contributed by atoms with Crippen LogP contribution < -0.4 is 11.3 Å². The summed E-state index contributed by atoms with van der Waals surface area (Å²) in [5.74, 6) is 4.81. The van der Waals surface area contributed by atoms with Gasteiger partial charge in [0, 0.05) is 7.11 Å². The fourth-order valence-electron chi connectivity index (χ4n) is 1.13. The molecule has 0 bridgehead atoms. The molecule has 1 atom stereocenters. The summed E-state index contributed by atoms with van der Waals surface area (Å²) in [6.07, 6.45) is -0.531. The van der Waals surface area contributed by atoms with Gasteiger partial charge in [0.1, 0.15) is 6.10 Å². The first-order chi connectivity index (χ1) is 7.63. The van der Waals surface area contributed by atoms with Gasteiger partial charge in [0.25, 0.3) is 5.91 Å². The van der Waals surface area contributed by atoms with Crippen LogP contribution in [-0.2, 0) is 19.0 Å². The van der Waals surface area contributed by atoms with Gasteiger partial charge in [-0.05, 0) is 5.92 Å². The Morgan fingerprint density at radius 1 is 1.25 bits per heavy atom. The van der Waals surface area contributed by atoms with Crippen LogP contribution in [0.5, 0.6) is 0 Å². The Morgan fingerprint density at radius 2 is 1.88 bits per heavy atom. The fourth-order valence-corrected chi connectivity index (χ4v) is 1.13. The predicted octanol–water partition coefficient (Wildman–Crippen LogP) is -0.319. The van der Waals surface area contributed by atoms with Gasteiger partial charge in [-0.25, -0.2) is 5.84 Å². The number of ether oxygens (including phenoxy) is 3. The summed E-state index contributed by atoms with van der Waals surface area (Å²) >= 11 is 0. The van der Waals surface area contributed by atoms with Crippen molar-refractivity contribution in [3.05, 3.63) is 0 Å². The first kappa shape index (κ1) is 15.3. The first-order valence-corrected chi connectivity index (χ1v) is 5.32. The highest BCUT2D eigenvalue weighted by atomic mass is 16.5. The molecule has 1 unspecified atom stereocenters. The third-order valence-corrected chi connectivity index (χ3v) is 1.96. The maximum absolute atomic E-state index is 11.3. The standard InChI is InChI=1S/C10H22N2O4/c1-8(2)9(10(13)12-11)16-7-6-15-5-4-14-3/h8-9H,4-7,11H2,1-3H3,(H,12,13). The topological polar surface area (TPSA) is 82.8 Å². The average molecular weight is 234 g/mol. The zero-order valence-corrected chi connectivity index (χ0v) is 10.2. The van der Waals surface area contributed by atoms with Crippen LogP contribution in [0.25, 0.3) is 0 Å². The number of carbonyl (C=O) groups is 1. The number of nitrogens with two attached hydrogens (primary N) is 1. The molecule has 0 spiro atoms. The molecule has 0 aromatic heterocycles.